The van der Waals surface area contributed by atoms with Crippen molar-refractivity contribution >= 4 is 87.0 Å². The number of benzene rings is 20. The summed E-state index contributed by atoms with van der Waals surface area (Å²) in [6.45, 7) is 0. The van der Waals surface area contributed by atoms with Gasteiger partial charge in [0.05, 0.1) is 44.2 Å². The third kappa shape index (κ3) is 11.7. The molecule has 0 saturated carbocycles. The minimum Gasteiger partial charge on any atom is -0.309 e. The second-order valence-electron chi connectivity index (χ2n) is 34.7. The van der Waals surface area contributed by atoms with Gasteiger partial charge in [-0.2, -0.15) is 0 Å². The normalized spacial score (nSPS) is 13.2. The number of para-hydroxylation sites is 5. The van der Waals surface area contributed by atoms with Crippen LogP contribution < -0.4 is 0 Å². The van der Waals surface area contributed by atoms with E-state index in [0.717, 1.165) is 160 Å². The highest BCUT2D eigenvalue weighted by Crippen LogP contribution is 2.62. The zero-order valence-corrected chi connectivity index (χ0v) is 71.3. The first-order chi connectivity index (χ1) is 65.4. The molecule has 25 aromatic rings. The molecule has 1 spiro atoms. The molecular formula is C123H75N9. The number of hydrogen-bond acceptors (Lipinski definition) is 6. The lowest BCUT2D eigenvalue weighted by Crippen LogP contribution is -2.33. The highest BCUT2D eigenvalue weighted by atomic mass is 15.1. The first-order valence-electron chi connectivity index (χ1n) is 45.0. The molecule has 20 aromatic carbocycles. The van der Waals surface area contributed by atoms with Crippen LogP contribution in [0, 0.1) is 0 Å². The van der Waals surface area contributed by atoms with Gasteiger partial charge in [0.1, 0.15) is 0 Å². The summed E-state index contributed by atoms with van der Waals surface area (Å²) >= 11 is 0. The average Bonchev–Trinajstić information content (AvgIpc) is 1.49. The molecule has 0 fully saturated rings. The van der Waals surface area contributed by atoms with Crippen LogP contribution in [0.5, 0.6) is 0 Å². The van der Waals surface area contributed by atoms with Gasteiger partial charge in [-0.25, -0.2) is 29.9 Å². The maximum Gasteiger partial charge on any atom is 0.164 e. The fourth-order valence-electron chi connectivity index (χ4n) is 21.5. The van der Waals surface area contributed by atoms with Crippen LogP contribution in [0.4, 0.5) is 0 Å². The topological polar surface area (TPSA) is 92.1 Å². The number of nitrogens with zero attached hydrogens (tertiary/aromatic N) is 9. The van der Waals surface area contributed by atoms with E-state index in [-0.39, 0.29) is 0 Å². The van der Waals surface area contributed by atoms with Crippen molar-refractivity contribution in [3.63, 3.8) is 0 Å². The van der Waals surface area contributed by atoms with Gasteiger partial charge >= 0.3 is 0 Å². The smallest absolute Gasteiger partial charge is 0.164 e. The van der Waals surface area contributed by atoms with Crippen LogP contribution in [-0.4, -0.2) is 43.6 Å². The Morgan fingerprint density at radius 2 is 0.530 bits per heavy atom. The zero-order valence-electron chi connectivity index (χ0n) is 71.3. The van der Waals surface area contributed by atoms with Crippen molar-refractivity contribution < 1.29 is 0 Å². The van der Waals surface area contributed by atoms with Gasteiger partial charge in [0.15, 0.2) is 34.9 Å². The maximum atomic E-state index is 5.59. The quantitative estimate of drug-likeness (QED) is 0.114. The van der Waals surface area contributed by atoms with Gasteiger partial charge in [-0.15, -0.1) is 0 Å². The summed E-state index contributed by atoms with van der Waals surface area (Å²) in [6.07, 6.45) is 0. The van der Waals surface area contributed by atoms with Crippen LogP contribution in [0.25, 0.3) is 239 Å². The molecule has 0 radical (unpaired) electrons. The number of fused-ring (bicyclic) bond motifs is 20. The lowest BCUT2D eigenvalue weighted by Gasteiger charge is -2.39. The predicted molar refractivity (Wildman–Crippen MR) is 542 cm³/mol. The molecule has 132 heavy (non-hydrogen) atoms. The first-order valence-corrected chi connectivity index (χ1v) is 45.0. The minimum atomic E-state index is -0.577. The van der Waals surface area contributed by atoms with E-state index in [1.807, 2.05) is 12.1 Å². The second kappa shape index (κ2) is 29.7. The summed E-state index contributed by atoms with van der Waals surface area (Å²) in [4.78, 5) is 32.2. The molecule has 1 aliphatic heterocycles. The van der Waals surface area contributed by atoms with Gasteiger partial charge < -0.3 is 13.7 Å². The average molecular weight is 1680 g/mol. The van der Waals surface area contributed by atoms with Crippen molar-refractivity contribution in [1.29, 1.82) is 0 Å². The molecule has 0 saturated heterocycles. The molecule has 1 atom stereocenters. The Hall–Kier alpha value is -17.7. The van der Waals surface area contributed by atoms with Crippen LogP contribution >= 0.6 is 0 Å². The Morgan fingerprint density at radius 1 is 0.159 bits per heavy atom. The largest absolute Gasteiger partial charge is 0.309 e. The summed E-state index contributed by atoms with van der Waals surface area (Å²) in [5, 5.41) is 11.4. The van der Waals surface area contributed by atoms with E-state index in [1.165, 1.54) is 66.3 Å². The van der Waals surface area contributed by atoms with E-state index < -0.39 is 5.41 Å². The maximum absolute atomic E-state index is 5.59. The van der Waals surface area contributed by atoms with Crippen molar-refractivity contribution in [2.75, 3.05) is 0 Å². The van der Waals surface area contributed by atoms with E-state index >= 15 is 0 Å². The molecule has 9 heteroatoms. The monoisotopic (exact) mass is 1680 g/mol. The highest BCUT2D eigenvalue weighted by molar-refractivity contribution is 6.16. The molecule has 0 amide bonds. The molecule has 2 aliphatic rings. The third-order valence-corrected chi connectivity index (χ3v) is 27.6. The van der Waals surface area contributed by atoms with Crippen LogP contribution in [0.15, 0.2) is 455 Å². The van der Waals surface area contributed by atoms with Gasteiger partial charge in [-0.05, 0) is 214 Å². The van der Waals surface area contributed by atoms with E-state index in [9.17, 15) is 0 Å². The molecule has 0 N–H and O–H groups in total. The van der Waals surface area contributed by atoms with E-state index in [1.54, 1.807) is 0 Å². The van der Waals surface area contributed by atoms with Crippen LogP contribution in [-0.2, 0) is 5.41 Å². The van der Waals surface area contributed by atoms with Gasteiger partial charge in [0.2, 0.25) is 0 Å². The van der Waals surface area contributed by atoms with Crippen molar-refractivity contribution in [3.05, 3.63) is 477 Å². The molecule has 1 aliphatic carbocycles. The van der Waals surface area contributed by atoms with Crippen LogP contribution in [0.1, 0.15) is 22.3 Å². The van der Waals surface area contributed by atoms with Crippen LogP contribution in [0.3, 0.4) is 0 Å². The molecule has 0 bridgehead atoms. The predicted octanol–water partition coefficient (Wildman–Crippen LogP) is 30.7. The molecule has 5 aromatic heterocycles. The molecule has 1 unspecified atom stereocenters. The van der Waals surface area contributed by atoms with Gasteiger partial charge in [-0.3, -0.25) is 0 Å². The van der Waals surface area contributed by atoms with Gasteiger partial charge in [0, 0.05) is 77.1 Å². The van der Waals surface area contributed by atoms with Gasteiger partial charge in [0.25, 0.3) is 0 Å². The summed E-state index contributed by atoms with van der Waals surface area (Å²) in [5.74, 6) is 3.59. The zero-order chi connectivity index (χ0) is 86.6. The third-order valence-electron chi connectivity index (χ3n) is 27.6. The lowest BCUT2D eigenvalue weighted by molar-refractivity contribution is 0.749. The molecule has 6 heterocycles. The summed E-state index contributed by atoms with van der Waals surface area (Å²) in [6, 6.07) is 165. The van der Waals surface area contributed by atoms with E-state index in [0.29, 0.717) is 34.9 Å². The van der Waals surface area contributed by atoms with E-state index in [2.05, 4.69) is 457 Å². The molecular weight excluding hydrogens is 1600 g/mol. The molecule has 612 valence electrons. The highest BCUT2D eigenvalue weighted by Gasteiger charge is 2.51. The Balaban J connectivity index is 0.542. The Kier molecular flexibility index (Phi) is 16.8. The molecule has 27 rings (SSSR count). The number of hydrogen-bond donors (Lipinski definition) is 0. The number of aromatic nitrogens is 9. The van der Waals surface area contributed by atoms with Crippen molar-refractivity contribution in [1.82, 2.24) is 43.6 Å². The SMILES string of the molecule is c1ccc(-c2ccc(-c3nc(-c4ccc(-c5ccccc5)cc4)nc(-c4ccc(-n5c6ccccc6c6cc(-c7ccc8c9cc(-c%10cc(-c%11nc(-c%12ccc(-c%13ccc%14c(c%13)C%13(c%15ccccc%15-%14)c%14ccccc%14-n%14c%15ccccc%15c%15cccc%13c%15%14)cc%12)nc(-c%12cccc%13ccccc%12%13)n%11)c%11ccccc%11c%10)ccc9n(-c9ccccc9)c8c7)ccc65)cc4)n3)cc2)cc1. The number of rotatable bonds is 13. The van der Waals surface area contributed by atoms with E-state index in [4.69, 9.17) is 29.9 Å². The summed E-state index contributed by atoms with van der Waals surface area (Å²) < 4.78 is 7.31. The fraction of sp³-hybridized carbons (Fsp3) is 0.00813. The van der Waals surface area contributed by atoms with Crippen molar-refractivity contribution in [2.45, 2.75) is 5.41 Å². The van der Waals surface area contributed by atoms with Gasteiger partial charge in [-0.1, -0.05) is 352 Å². The summed E-state index contributed by atoms with van der Waals surface area (Å²) in [7, 11) is 0. The lowest BCUT2D eigenvalue weighted by atomic mass is 9.65. The fourth-order valence-corrected chi connectivity index (χ4v) is 21.5. The Labute approximate surface area is 760 Å². The van der Waals surface area contributed by atoms with Crippen LogP contribution in [0.2, 0.25) is 0 Å². The van der Waals surface area contributed by atoms with Crippen molar-refractivity contribution in [3.8, 4) is 152 Å². The van der Waals surface area contributed by atoms with Crippen molar-refractivity contribution in [2.24, 2.45) is 0 Å². The molecule has 9 nitrogen and oxygen atoms in total. The Morgan fingerprint density at radius 3 is 1.17 bits per heavy atom. The summed E-state index contributed by atoms with van der Waals surface area (Å²) in [5.41, 5.74) is 33.9. The second-order valence-corrected chi connectivity index (χ2v) is 34.7. The Bertz CT molecular complexity index is 8940. The first kappa shape index (κ1) is 74.6. The minimum absolute atomic E-state index is 0.577. The standard InChI is InChI=1S/C123H75N9/c1-4-24-76(25-5-1)78-46-52-82(53-47-78)117-124-118(83-54-48-79(49-55-83)77-26-6-2-7-27-77)126-119(125-117)85-58-64-93(65-59-85)130-110-43-19-16-37-99(110)103-71-86(62-68-112(103)130)89-61-67-100-104-72-87(63-69-113(104)131(115(100)75-89)92-31-8-3-9-32-92)91-70-90-29-11-13-34-95(90)105(73-91)122-128-120(127-121(129-122)102-39-22-30-81-28-10-12-33-94(81)102)84-56-50-80(51-57-84)88-60-66-97-96-35-14-17-40-106(96)123(109(97)74-88)107-41-18-21-45-114(107)132-111-44-20-15-36-98(111)101-38-23-42-108(123)116(101)132/h1-75H.